The molecule has 0 aliphatic carbocycles. The molecule has 1 N–H and O–H groups in total. The Bertz CT molecular complexity index is 711. The van der Waals surface area contributed by atoms with E-state index in [1.807, 2.05) is 31.5 Å². The summed E-state index contributed by atoms with van der Waals surface area (Å²) in [6.07, 6.45) is 3.78. The molecule has 1 heterocycles. The first-order chi connectivity index (χ1) is 10.5. The van der Waals surface area contributed by atoms with Crippen molar-refractivity contribution in [3.63, 3.8) is 0 Å². The standard InChI is InChI=1S/C20H28N2O/c1-14(21-22-10-8-9-11-22)16-12-15(19(2,3)4)13-17(18(16)23)20(5,6)7/h8-13,23H,1-7H3. The number of hydrogen-bond donors (Lipinski definition) is 1. The Morgan fingerprint density at radius 3 is 2.00 bits per heavy atom. The third-order valence-electron chi connectivity index (χ3n) is 4.03. The number of nitrogens with zero attached hydrogens (tertiary/aromatic N) is 2. The maximum absolute atomic E-state index is 10.8. The van der Waals surface area contributed by atoms with Crippen LogP contribution in [0.4, 0.5) is 0 Å². The average molecular weight is 312 g/mol. The van der Waals surface area contributed by atoms with Gasteiger partial charge in [-0.1, -0.05) is 47.6 Å². The summed E-state index contributed by atoms with van der Waals surface area (Å²) in [6.45, 7) is 14.9. The van der Waals surface area contributed by atoms with Crippen molar-refractivity contribution in [3.8, 4) is 5.75 Å². The summed E-state index contributed by atoms with van der Waals surface area (Å²) in [7, 11) is 0. The molecule has 0 saturated heterocycles. The summed E-state index contributed by atoms with van der Waals surface area (Å²) in [4.78, 5) is 0. The summed E-state index contributed by atoms with van der Waals surface area (Å²) >= 11 is 0. The number of hydrogen-bond acceptors (Lipinski definition) is 2. The van der Waals surface area contributed by atoms with E-state index in [9.17, 15) is 5.11 Å². The van der Waals surface area contributed by atoms with Gasteiger partial charge >= 0.3 is 0 Å². The predicted octanol–water partition coefficient (Wildman–Crippen LogP) is 5.06. The number of benzene rings is 1. The molecule has 0 aliphatic rings. The molecular formula is C20H28N2O. The Labute approximate surface area is 139 Å². The van der Waals surface area contributed by atoms with Crippen molar-refractivity contribution in [2.45, 2.75) is 59.3 Å². The van der Waals surface area contributed by atoms with Crippen LogP contribution in [0, 0.1) is 0 Å². The fraction of sp³-hybridized carbons (Fsp3) is 0.450. The zero-order chi connectivity index (χ0) is 17.4. The Kier molecular flexibility index (Phi) is 4.43. The van der Waals surface area contributed by atoms with Crippen molar-refractivity contribution in [3.05, 3.63) is 53.3 Å². The fourth-order valence-corrected chi connectivity index (χ4v) is 2.53. The van der Waals surface area contributed by atoms with Crippen molar-refractivity contribution in [1.29, 1.82) is 0 Å². The molecule has 2 aromatic rings. The second-order valence-corrected chi connectivity index (χ2v) is 8.17. The van der Waals surface area contributed by atoms with Gasteiger partial charge in [0.1, 0.15) is 5.75 Å². The fourth-order valence-electron chi connectivity index (χ4n) is 2.53. The van der Waals surface area contributed by atoms with E-state index < -0.39 is 0 Å². The SMILES string of the molecule is CC(=Nn1cccc1)c1cc(C(C)(C)C)cc(C(C)(C)C)c1O. The van der Waals surface area contributed by atoms with Gasteiger partial charge in [-0.2, -0.15) is 5.10 Å². The zero-order valence-corrected chi connectivity index (χ0v) is 15.3. The molecule has 1 aromatic heterocycles. The first-order valence-electron chi connectivity index (χ1n) is 8.07. The quantitative estimate of drug-likeness (QED) is 0.773. The van der Waals surface area contributed by atoms with Gasteiger partial charge in [0, 0.05) is 23.5 Å². The summed E-state index contributed by atoms with van der Waals surface area (Å²) in [5.41, 5.74) is 3.65. The lowest BCUT2D eigenvalue weighted by molar-refractivity contribution is 0.443. The molecule has 0 atom stereocenters. The Hall–Kier alpha value is -2.03. The van der Waals surface area contributed by atoms with E-state index in [0.717, 1.165) is 16.8 Å². The molecule has 3 nitrogen and oxygen atoms in total. The molecule has 0 saturated carbocycles. The molecule has 0 bridgehead atoms. The smallest absolute Gasteiger partial charge is 0.128 e. The van der Waals surface area contributed by atoms with Gasteiger partial charge in [0.25, 0.3) is 0 Å². The van der Waals surface area contributed by atoms with Gasteiger partial charge in [-0.15, -0.1) is 0 Å². The highest BCUT2D eigenvalue weighted by atomic mass is 16.3. The third kappa shape index (κ3) is 3.84. The molecule has 0 unspecified atom stereocenters. The van der Waals surface area contributed by atoms with Crippen molar-refractivity contribution < 1.29 is 5.11 Å². The molecule has 2 rings (SSSR count). The van der Waals surface area contributed by atoms with E-state index in [2.05, 4.69) is 58.8 Å². The topological polar surface area (TPSA) is 37.5 Å². The summed E-state index contributed by atoms with van der Waals surface area (Å²) in [5.74, 6) is 0.332. The minimum Gasteiger partial charge on any atom is -0.507 e. The Balaban J connectivity index is 2.67. The summed E-state index contributed by atoms with van der Waals surface area (Å²) in [6, 6.07) is 8.06. The maximum Gasteiger partial charge on any atom is 0.128 e. The molecule has 0 radical (unpaired) electrons. The van der Waals surface area contributed by atoms with Crippen LogP contribution in [-0.2, 0) is 10.8 Å². The molecule has 0 amide bonds. The van der Waals surface area contributed by atoms with E-state index in [4.69, 9.17) is 0 Å². The first kappa shape index (κ1) is 17.3. The molecule has 3 heteroatoms. The van der Waals surface area contributed by atoms with Gasteiger partial charge in [0.2, 0.25) is 0 Å². The second kappa shape index (κ2) is 5.88. The summed E-state index contributed by atoms with van der Waals surface area (Å²) in [5, 5.41) is 15.4. The third-order valence-corrected chi connectivity index (χ3v) is 4.03. The number of aromatic hydroxyl groups is 1. The highest BCUT2D eigenvalue weighted by molar-refractivity contribution is 6.01. The van der Waals surface area contributed by atoms with Gasteiger partial charge in [0.05, 0.1) is 5.71 Å². The van der Waals surface area contributed by atoms with Crippen LogP contribution >= 0.6 is 0 Å². The van der Waals surface area contributed by atoms with Crippen molar-refractivity contribution in [1.82, 2.24) is 4.68 Å². The number of rotatable bonds is 2. The van der Waals surface area contributed by atoms with Crippen LogP contribution in [0.25, 0.3) is 0 Å². The lowest BCUT2D eigenvalue weighted by atomic mass is 9.78. The second-order valence-electron chi connectivity index (χ2n) is 8.17. The first-order valence-corrected chi connectivity index (χ1v) is 8.07. The molecule has 0 fully saturated rings. The lowest BCUT2D eigenvalue weighted by Crippen LogP contribution is -2.18. The van der Waals surface area contributed by atoms with Crippen molar-refractivity contribution >= 4 is 5.71 Å². The Morgan fingerprint density at radius 2 is 1.52 bits per heavy atom. The Morgan fingerprint density at radius 1 is 0.957 bits per heavy atom. The van der Waals surface area contributed by atoms with Gasteiger partial charge < -0.3 is 5.11 Å². The molecule has 1 aromatic carbocycles. The molecular weight excluding hydrogens is 284 g/mol. The minimum absolute atomic E-state index is 0.0101. The molecule has 0 aliphatic heterocycles. The van der Waals surface area contributed by atoms with Crippen molar-refractivity contribution in [2.24, 2.45) is 5.10 Å². The summed E-state index contributed by atoms with van der Waals surface area (Å²) < 4.78 is 1.76. The number of aromatic nitrogens is 1. The number of phenolic OH excluding ortho intramolecular Hbond substituents is 1. The number of phenols is 1. The van der Waals surface area contributed by atoms with Crippen LogP contribution in [0.3, 0.4) is 0 Å². The van der Waals surface area contributed by atoms with Crippen LogP contribution in [0.2, 0.25) is 0 Å². The highest BCUT2D eigenvalue weighted by Gasteiger charge is 2.25. The molecule has 23 heavy (non-hydrogen) atoms. The van der Waals surface area contributed by atoms with E-state index in [0.29, 0.717) is 5.75 Å². The zero-order valence-electron chi connectivity index (χ0n) is 15.3. The van der Waals surface area contributed by atoms with Crippen LogP contribution < -0.4 is 0 Å². The van der Waals surface area contributed by atoms with Crippen LogP contribution in [0.1, 0.15) is 65.2 Å². The molecule has 0 spiro atoms. The van der Waals surface area contributed by atoms with E-state index >= 15 is 0 Å². The largest absolute Gasteiger partial charge is 0.507 e. The van der Waals surface area contributed by atoms with E-state index in [-0.39, 0.29) is 10.8 Å². The monoisotopic (exact) mass is 312 g/mol. The minimum atomic E-state index is -0.131. The van der Waals surface area contributed by atoms with Gasteiger partial charge in [-0.05, 0) is 41.5 Å². The van der Waals surface area contributed by atoms with Crippen LogP contribution in [-0.4, -0.2) is 15.5 Å². The van der Waals surface area contributed by atoms with Gasteiger partial charge in [-0.3, -0.25) is 0 Å². The van der Waals surface area contributed by atoms with Gasteiger partial charge in [0.15, 0.2) is 0 Å². The highest BCUT2D eigenvalue weighted by Crippen LogP contribution is 2.37. The van der Waals surface area contributed by atoms with Crippen LogP contribution in [0.15, 0.2) is 41.8 Å². The van der Waals surface area contributed by atoms with Crippen LogP contribution in [0.5, 0.6) is 5.75 Å². The lowest BCUT2D eigenvalue weighted by Gasteiger charge is -2.27. The molecule has 124 valence electrons. The van der Waals surface area contributed by atoms with E-state index in [1.54, 1.807) is 4.68 Å². The predicted molar refractivity (Wildman–Crippen MR) is 97.5 cm³/mol. The average Bonchev–Trinajstić information content (AvgIpc) is 2.88. The van der Waals surface area contributed by atoms with Gasteiger partial charge in [-0.25, -0.2) is 4.68 Å². The normalized spacial score (nSPS) is 13.4. The van der Waals surface area contributed by atoms with E-state index in [1.165, 1.54) is 5.56 Å². The maximum atomic E-state index is 10.8. The van der Waals surface area contributed by atoms with Crippen molar-refractivity contribution in [2.75, 3.05) is 0 Å².